The molecule has 0 bridgehead atoms. The Bertz CT molecular complexity index is 1340. The van der Waals surface area contributed by atoms with Crippen LogP contribution in [0, 0.1) is 20.8 Å². The molecular weight excluding hydrogens is 446 g/mol. The van der Waals surface area contributed by atoms with Gasteiger partial charge in [0.05, 0.1) is 23.5 Å². The van der Waals surface area contributed by atoms with Gasteiger partial charge in [-0.05, 0) is 43.5 Å². The molecule has 0 unspecified atom stereocenters. The Labute approximate surface area is 192 Å². The number of thioether (sulfide) groups is 1. The molecule has 0 atom stereocenters. The smallest absolute Gasteiger partial charge is 0.292 e. The Kier molecular flexibility index (Phi) is 6.09. The molecule has 0 amide bonds. The van der Waals surface area contributed by atoms with E-state index in [1.54, 1.807) is 23.8 Å². The summed E-state index contributed by atoms with van der Waals surface area (Å²) in [6, 6.07) is 4.05. The van der Waals surface area contributed by atoms with Gasteiger partial charge in [-0.15, -0.1) is 0 Å². The molecule has 1 saturated heterocycles. The van der Waals surface area contributed by atoms with Gasteiger partial charge in [-0.25, -0.2) is 22.6 Å². The number of fused-ring (bicyclic) bond motifs is 1. The van der Waals surface area contributed by atoms with Crippen LogP contribution >= 0.6 is 11.8 Å². The normalized spacial score (nSPS) is 15.1. The second kappa shape index (κ2) is 8.67. The number of aromatic nitrogens is 3. The fourth-order valence-corrected chi connectivity index (χ4v) is 5.81. The van der Waals surface area contributed by atoms with E-state index >= 15 is 0 Å². The Hall–Kier alpha value is -2.72. The van der Waals surface area contributed by atoms with Crippen molar-refractivity contribution in [2.24, 2.45) is 7.05 Å². The first kappa shape index (κ1) is 22.5. The van der Waals surface area contributed by atoms with E-state index < -0.39 is 10.0 Å². The van der Waals surface area contributed by atoms with Crippen LogP contribution < -0.4 is 15.2 Å². The van der Waals surface area contributed by atoms with E-state index in [-0.39, 0.29) is 11.2 Å². The van der Waals surface area contributed by atoms with Crippen LogP contribution in [0.15, 0.2) is 34.7 Å². The number of nitrogens with one attached hydrogen (secondary N) is 1. The van der Waals surface area contributed by atoms with E-state index in [2.05, 4.69) is 14.6 Å². The number of rotatable bonds is 5. The Balaban J connectivity index is 1.63. The van der Waals surface area contributed by atoms with Gasteiger partial charge in [0.1, 0.15) is 5.69 Å². The minimum Gasteiger partial charge on any atom is -0.362 e. The van der Waals surface area contributed by atoms with Crippen LogP contribution in [0.2, 0.25) is 0 Å². The van der Waals surface area contributed by atoms with E-state index in [0.717, 1.165) is 52.3 Å². The lowest BCUT2D eigenvalue weighted by Crippen LogP contribution is -2.35. The number of anilines is 2. The van der Waals surface area contributed by atoms with Crippen LogP contribution in [0.3, 0.4) is 0 Å². The van der Waals surface area contributed by atoms with E-state index in [9.17, 15) is 13.2 Å². The molecule has 4 rings (SSSR count). The van der Waals surface area contributed by atoms with Gasteiger partial charge in [0.25, 0.3) is 15.6 Å². The average molecular weight is 474 g/mol. The van der Waals surface area contributed by atoms with Gasteiger partial charge in [-0.2, -0.15) is 11.8 Å². The number of nitrogens with zero attached hydrogens (tertiary/aromatic N) is 4. The van der Waals surface area contributed by atoms with Crippen molar-refractivity contribution in [2.45, 2.75) is 20.8 Å². The first-order valence-electron chi connectivity index (χ1n) is 10.3. The van der Waals surface area contributed by atoms with E-state index in [1.165, 1.54) is 10.9 Å². The monoisotopic (exact) mass is 473 g/mol. The van der Waals surface area contributed by atoms with Gasteiger partial charge in [0, 0.05) is 31.6 Å². The van der Waals surface area contributed by atoms with Gasteiger partial charge >= 0.3 is 0 Å². The van der Waals surface area contributed by atoms with E-state index in [0.29, 0.717) is 11.3 Å². The zero-order valence-corrected chi connectivity index (χ0v) is 20.3. The topological polar surface area (TPSA) is 88.7 Å². The fraction of sp³-hybridized carbons (Fsp3) is 0.364. The molecule has 2 aromatic heterocycles. The van der Waals surface area contributed by atoms with Gasteiger partial charge in [-0.1, -0.05) is 17.7 Å². The lowest BCUT2D eigenvalue weighted by molar-refractivity contribution is 0.609. The molecule has 32 heavy (non-hydrogen) atoms. The molecule has 0 saturated carbocycles. The number of aryl methyl sites for hydroxylation is 4. The maximum absolute atomic E-state index is 12.8. The molecule has 170 valence electrons. The highest BCUT2D eigenvalue weighted by molar-refractivity contribution is 7.99. The summed E-state index contributed by atoms with van der Waals surface area (Å²) < 4.78 is 31.0. The molecule has 1 aliphatic heterocycles. The standard InChI is InChI=1S/C22H27N5O3S2/c1-15-11-16(2)19(17(3)12-15)5-10-32(29,30)24-18-13-23-21-20(26-6-8-31-9-7-26)22(28)25(4)27(21)14-18/h5,10-14,24H,6-9H2,1-4H3/b10-5+. The Morgan fingerprint density at radius 1 is 1.12 bits per heavy atom. The molecule has 0 radical (unpaired) electrons. The summed E-state index contributed by atoms with van der Waals surface area (Å²) in [6.45, 7) is 7.52. The summed E-state index contributed by atoms with van der Waals surface area (Å²) in [5, 5.41) is 1.16. The highest BCUT2D eigenvalue weighted by Crippen LogP contribution is 2.22. The third-order valence-corrected chi connectivity index (χ3v) is 7.53. The van der Waals surface area contributed by atoms with Gasteiger partial charge in [0.2, 0.25) is 0 Å². The minimum atomic E-state index is -3.77. The van der Waals surface area contributed by atoms with Crippen LogP contribution in [0.4, 0.5) is 11.4 Å². The van der Waals surface area contributed by atoms with Crippen molar-refractivity contribution in [3.63, 3.8) is 0 Å². The Morgan fingerprint density at radius 2 is 1.78 bits per heavy atom. The molecule has 3 heterocycles. The first-order chi connectivity index (χ1) is 15.2. The predicted octanol–water partition coefficient (Wildman–Crippen LogP) is 2.92. The van der Waals surface area contributed by atoms with Gasteiger partial charge < -0.3 is 4.90 Å². The highest BCUT2D eigenvalue weighted by atomic mass is 32.2. The van der Waals surface area contributed by atoms with Crippen molar-refractivity contribution in [2.75, 3.05) is 34.2 Å². The molecule has 1 aliphatic rings. The van der Waals surface area contributed by atoms with Crippen molar-refractivity contribution >= 4 is 44.9 Å². The summed E-state index contributed by atoms with van der Waals surface area (Å²) in [6.07, 6.45) is 4.64. The second-order valence-corrected chi connectivity index (χ2v) is 10.8. The van der Waals surface area contributed by atoms with Crippen molar-refractivity contribution in [3.05, 3.63) is 62.5 Å². The predicted molar refractivity (Wildman–Crippen MR) is 132 cm³/mol. The number of sulfonamides is 1. The molecule has 3 aromatic rings. The molecule has 1 aromatic carbocycles. The van der Waals surface area contributed by atoms with E-state index in [4.69, 9.17) is 0 Å². The SMILES string of the molecule is Cc1cc(C)c(/C=C/S(=O)(=O)Nc2cnc3c(N4CCSCC4)c(=O)n(C)n3c2)c(C)c1. The molecule has 1 fully saturated rings. The average Bonchev–Trinajstić information content (AvgIpc) is 2.97. The van der Waals surface area contributed by atoms with Crippen LogP contribution in [-0.2, 0) is 17.1 Å². The number of benzene rings is 1. The van der Waals surface area contributed by atoms with Crippen molar-refractivity contribution in [1.29, 1.82) is 0 Å². The Morgan fingerprint density at radius 3 is 2.44 bits per heavy atom. The molecular formula is C22H27N5O3S2. The fourth-order valence-electron chi connectivity index (χ4n) is 4.09. The molecule has 10 heteroatoms. The highest BCUT2D eigenvalue weighted by Gasteiger charge is 2.22. The number of hydrogen-bond acceptors (Lipinski definition) is 6. The number of hydrogen-bond donors (Lipinski definition) is 1. The summed E-state index contributed by atoms with van der Waals surface area (Å²) in [4.78, 5) is 19.3. The third-order valence-electron chi connectivity index (χ3n) is 5.58. The first-order valence-corrected chi connectivity index (χ1v) is 13.1. The van der Waals surface area contributed by atoms with Crippen molar-refractivity contribution < 1.29 is 8.42 Å². The maximum atomic E-state index is 12.8. The summed E-state index contributed by atoms with van der Waals surface area (Å²) in [5.74, 6) is 1.93. The minimum absolute atomic E-state index is 0.144. The van der Waals surface area contributed by atoms with Crippen molar-refractivity contribution in [1.82, 2.24) is 14.2 Å². The molecule has 0 spiro atoms. The van der Waals surface area contributed by atoms with E-state index in [1.807, 2.05) is 44.7 Å². The quantitative estimate of drug-likeness (QED) is 0.613. The molecule has 0 aliphatic carbocycles. The summed E-state index contributed by atoms with van der Waals surface area (Å²) in [5.41, 5.74) is 5.27. The summed E-state index contributed by atoms with van der Waals surface area (Å²) >= 11 is 1.86. The summed E-state index contributed by atoms with van der Waals surface area (Å²) in [7, 11) is -2.11. The van der Waals surface area contributed by atoms with Crippen LogP contribution in [0.5, 0.6) is 0 Å². The second-order valence-electron chi connectivity index (χ2n) is 8.05. The molecule has 1 N–H and O–H groups in total. The zero-order valence-electron chi connectivity index (χ0n) is 18.6. The maximum Gasteiger partial charge on any atom is 0.292 e. The van der Waals surface area contributed by atoms with Crippen LogP contribution in [-0.4, -0.2) is 47.2 Å². The zero-order chi connectivity index (χ0) is 23.0. The van der Waals surface area contributed by atoms with Crippen LogP contribution in [0.1, 0.15) is 22.3 Å². The lowest BCUT2D eigenvalue weighted by Gasteiger charge is -2.26. The van der Waals surface area contributed by atoms with Crippen LogP contribution in [0.25, 0.3) is 11.7 Å². The van der Waals surface area contributed by atoms with Crippen molar-refractivity contribution in [3.8, 4) is 0 Å². The lowest BCUT2D eigenvalue weighted by atomic mass is 10.0. The molecule has 8 nitrogen and oxygen atoms in total. The van der Waals surface area contributed by atoms with Gasteiger partial charge in [-0.3, -0.25) is 9.52 Å². The third kappa shape index (κ3) is 4.42. The van der Waals surface area contributed by atoms with Gasteiger partial charge in [0.15, 0.2) is 5.65 Å². The largest absolute Gasteiger partial charge is 0.362 e.